The molecular formula is C23H22N2O4. The maximum atomic E-state index is 13.3. The van der Waals surface area contributed by atoms with E-state index in [1.807, 2.05) is 13.0 Å². The summed E-state index contributed by atoms with van der Waals surface area (Å²) in [6.07, 6.45) is 5.41. The number of methoxy groups -OCH3 is 1. The van der Waals surface area contributed by atoms with E-state index in [1.165, 1.54) is 19.6 Å². The van der Waals surface area contributed by atoms with E-state index < -0.39 is 5.97 Å². The Kier molecular flexibility index (Phi) is 4.98. The van der Waals surface area contributed by atoms with Crippen molar-refractivity contribution in [3.05, 3.63) is 51.2 Å². The first-order valence-corrected chi connectivity index (χ1v) is 9.82. The fourth-order valence-corrected chi connectivity index (χ4v) is 4.09. The van der Waals surface area contributed by atoms with Crippen LogP contribution in [0, 0.1) is 18.3 Å². The molecule has 29 heavy (non-hydrogen) atoms. The Hall–Kier alpha value is -3.33. The molecule has 1 fully saturated rings. The molecule has 1 aliphatic rings. The van der Waals surface area contributed by atoms with Crippen LogP contribution in [0.25, 0.3) is 21.9 Å². The molecule has 1 aromatic heterocycles. The number of nitriles is 1. The maximum Gasteiger partial charge on any atom is 0.338 e. The molecule has 1 saturated carbocycles. The SMILES string of the molecule is COC(=O)c1cc(C#N)c(NC2CCCCC2)c2oc3ccc(C)cc3c(=O)c12. The van der Waals surface area contributed by atoms with Gasteiger partial charge in [0.2, 0.25) is 5.43 Å². The molecule has 1 heterocycles. The van der Waals surface area contributed by atoms with Gasteiger partial charge in [-0.05, 0) is 38.0 Å². The number of nitrogens with one attached hydrogen (secondary N) is 1. The van der Waals surface area contributed by atoms with Gasteiger partial charge in [-0.1, -0.05) is 30.9 Å². The minimum atomic E-state index is -0.671. The molecule has 0 saturated heterocycles. The minimum Gasteiger partial charge on any atom is -0.465 e. The highest BCUT2D eigenvalue weighted by Gasteiger charge is 2.25. The first-order valence-electron chi connectivity index (χ1n) is 9.82. The third-order valence-corrected chi connectivity index (χ3v) is 5.58. The Bertz CT molecular complexity index is 1210. The third-order valence-electron chi connectivity index (χ3n) is 5.58. The lowest BCUT2D eigenvalue weighted by Gasteiger charge is -2.25. The molecule has 1 aliphatic carbocycles. The van der Waals surface area contributed by atoms with Crippen LogP contribution in [0.4, 0.5) is 5.69 Å². The summed E-state index contributed by atoms with van der Waals surface area (Å²) in [6.45, 7) is 1.89. The van der Waals surface area contributed by atoms with E-state index in [0.29, 0.717) is 16.7 Å². The van der Waals surface area contributed by atoms with E-state index in [1.54, 1.807) is 12.1 Å². The van der Waals surface area contributed by atoms with Crippen molar-refractivity contribution in [2.24, 2.45) is 0 Å². The second-order valence-electron chi connectivity index (χ2n) is 7.56. The number of carbonyl (C=O) groups is 1. The predicted octanol–water partition coefficient (Wildman–Crippen LogP) is 4.66. The molecule has 0 radical (unpaired) electrons. The molecule has 6 heteroatoms. The second kappa shape index (κ2) is 7.59. The molecule has 0 amide bonds. The van der Waals surface area contributed by atoms with Gasteiger partial charge in [0.1, 0.15) is 11.7 Å². The number of hydrogen-bond donors (Lipinski definition) is 1. The standard InChI is InChI=1S/C23H22N2O4/c1-13-8-9-18-16(10-13)21(26)19-17(23(27)28-2)11-14(12-24)20(22(19)29-18)25-15-6-4-3-5-7-15/h8-11,15,25H,3-7H2,1-2H3. The molecule has 4 rings (SSSR count). The predicted molar refractivity (Wildman–Crippen MR) is 111 cm³/mol. The number of ether oxygens (including phenoxy) is 1. The smallest absolute Gasteiger partial charge is 0.338 e. The number of aryl methyl sites for hydroxylation is 1. The summed E-state index contributed by atoms with van der Waals surface area (Å²) in [5.41, 5.74) is 2.05. The van der Waals surface area contributed by atoms with Crippen molar-refractivity contribution in [2.45, 2.75) is 45.1 Å². The molecule has 0 spiro atoms. The number of hydrogen-bond acceptors (Lipinski definition) is 6. The Balaban J connectivity index is 2.07. The Morgan fingerprint density at radius 1 is 1.24 bits per heavy atom. The highest BCUT2D eigenvalue weighted by atomic mass is 16.5. The molecule has 1 N–H and O–H groups in total. The first-order chi connectivity index (χ1) is 14.0. The van der Waals surface area contributed by atoms with Crippen LogP contribution >= 0.6 is 0 Å². The molecule has 6 nitrogen and oxygen atoms in total. The van der Waals surface area contributed by atoms with Crippen molar-refractivity contribution >= 4 is 33.6 Å². The summed E-state index contributed by atoms with van der Waals surface area (Å²) in [6, 6.07) is 9.11. The Morgan fingerprint density at radius 2 is 2.00 bits per heavy atom. The molecule has 3 aromatic rings. The van der Waals surface area contributed by atoms with Crippen LogP contribution in [0.2, 0.25) is 0 Å². The van der Waals surface area contributed by atoms with Crippen molar-refractivity contribution in [3.8, 4) is 6.07 Å². The summed E-state index contributed by atoms with van der Waals surface area (Å²) < 4.78 is 11.0. The minimum absolute atomic E-state index is 0.0467. The van der Waals surface area contributed by atoms with Crippen LogP contribution in [0.1, 0.15) is 53.6 Å². The van der Waals surface area contributed by atoms with Gasteiger partial charge in [0.15, 0.2) is 5.58 Å². The zero-order valence-corrected chi connectivity index (χ0v) is 16.5. The van der Waals surface area contributed by atoms with Gasteiger partial charge in [0, 0.05) is 6.04 Å². The van der Waals surface area contributed by atoms with Crippen LogP contribution in [-0.2, 0) is 4.74 Å². The van der Waals surface area contributed by atoms with E-state index in [0.717, 1.165) is 31.2 Å². The number of rotatable bonds is 3. The van der Waals surface area contributed by atoms with Crippen molar-refractivity contribution in [2.75, 3.05) is 12.4 Å². The van der Waals surface area contributed by atoms with Gasteiger partial charge >= 0.3 is 5.97 Å². The van der Waals surface area contributed by atoms with Gasteiger partial charge in [-0.3, -0.25) is 4.79 Å². The monoisotopic (exact) mass is 390 g/mol. The fraction of sp³-hybridized carbons (Fsp3) is 0.348. The average Bonchev–Trinajstić information content (AvgIpc) is 2.75. The maximum absolute atomic E-state index is 13.3. The van der Waals surface area contributed by atoms with Gasteiger partial charge in [-0.25, -0.2) is 4.79 Å². The topological polar surface area (TPSA) is 92.3 Å². The molecule has 0 aliphatic heterocycles. The van der Waals surface area contributed by atoms with Gasteiger partial charge < -0.3 is 14.5 Å². The number of carbonyl (C=O) groups excluding carboxylic acids is 1. The van der Waals surface area contributed by atoms with Gasteiger partial charge in [0.25, 0.3) is 0 Å². The fourth-order valence-electron chi connectivity index (χ4n) is 4.09. The normalized spacial score (nSPS) is 14.7. The molecular weight excluding hydrogens is 368 g/mol. The van der Waals surface area contributed by atoms with Crippen molar-refractivity contribution in [3.63, 3.8) is 0 Å². The number of nitrogens with zero attached hydrogens (tertiary/aromatic N) is 1. The van der Waals surface area contributed by atoms with Crippen LogP contribution < -0.4 is 10.7 Å². The molecule has 0 unspecified atom stereocenters. The van der Waals surface area contributed by atoms with E-state index in [-0.39, 0.29) is 33.6 Å². The van der Waals surface area contributed by atoms with Gasteiger partial charge in [0.05, 0.1) is 34.7 Å². The lowest BCUT2D eigenvalue weighted by atomic mass is 9.94. The highest BCUT2D eigenvalue weighted by molar-refractivity contribution is 6.10. The number of fused-ring (bicyclic) bond motifs is 2. The number of esters is 1. The highest BCUT2D eigenvalue weighted by Crippen LogP contribution is 2.34. The Labute approximate surface area is 168 Å². The molecule has 2 aromatic carbocycles. The summed E-state index contributed by atoms with van der Waals surface area (Å²) in [5, 5.41) is 13.7. The summed E-state index contributed by atoms with van der Waals surface area (Å²) in [4.78, 5) is 25.8. The van der Waals surface area contributed by atoms with Crippen molar-refractivity contribution in [1.29, 1.82) is 5.26 Å². The Morgan fingerprint density at radius 3 is 2.69 bits per heavy atom. The van der Waals surface area contributed by atoms with E-state index >= 15 is 0 Å². The van der Waals surface area contributed by atoms with Crippen LogP contribution in [0.15, 0.2) is 33.5 Å². The summed E-state index contributed by atoms with van der Waals surface area (Å²) in [7, 11) is 1.25. The van der Waals surface area contributed by atoms with Gasteiger partial charge in [-0.15, -0.1) is 0 Å². The van der Waals surface area contributed by atoms with Gasteiger partial charge in [-0.2, -0.15) is 5.26 Å². The largest absolute Gasteiger partial charge is 0.465 e. The van der Waals surface area contributed by atoms with E-state index in [2.05, 4.69) is 11.4 Å². The van der Waals surface area contributed by atoms with Crippen LogP contribution in [0.3, 0.4) is 0 Å². The molecule has 0 atom stereocenters. The lowest BCUT2D eigenvalue weighted by molar-refractivity contribution is 0.0603. The first kappa shape index (κ1) is 19.0. The zero-order chi connectivity index (χ0) is 20.5. The number of benzene rings is 2. The lowest BCUT2D eigenvalue weighted by Crippen LogP contribution is -2.23. The average molecular weight is 390 g/mol. The molecule has 148 valence electrons. The van der Waals surface area contributed by atoms with E-state index in [9.17, 15) is 14.9 Å². The van der Waals surface area contributed by atoms with Crippen molar-refractivity contribution in [1.82, 2.24) is 0 Å². The number of anilines is 1. The van der Waals surface area contributed by atoms with Crippen LogP contribution in [-0.4, -0.2) is 19.1 Å². The molecule has 0 bridgehead atoms. The third kappa shape index (κ3) is 3.33. The summed E-state index contributed by atoms with van der Waals surface area (Å²) >= 11 is 0. The quantitative estimate of drug-likeness (QED) is 0.517. The second-order valence-corrected chi connectivity index (χ2v) is 7.56. The van der Waals surface area contributed by atoms with Crippen LogP contribution in [0.5, 0.6) is 0 Å². The summed E-state index contributed by atoms with van der Waals surface area (Å²) in [5.74, 6) is -0.671. The van der Waals surface area contributed by atoms with Crippen molar-refractivity contribution < 1.29 is 13.9 Å². The zero-order valence-electron chi connectivity index (χ0n) is 16.5. The van der Waals surface area contributed by atoms with E-state index in [4.69, 9.17) is 9.15 Å².